The van der Waals surface area contributed by atoms with Crippen molar-refractivity contribution in [3.63, 3.8) is 0 Å². The van der Waals surface area contributed by atoms with Gasteiger partial charge in [-0.3, -0.25) is 0 Å². The maximum Gasteiger partial charge on any atom is 0.474 e. The lowest BCUT2D eigenvalue weighted by atomic mass is 10.1. The molecule has 0 amide bonds. The molecule has 0 atom stereocenters. The fourth-order valence-electron chi connectivity index (χ4n) is 0.990. The Labute approximate surface area is 98.6 Å². The lowest BCUT2D eigenvalue weighted by Crippen LogP contribution is -2.16. The van der Waals surface area contributed by atoms with Crippen LogP contribution in [0.5, 0.6) is 0 Å². The van der Waals surface area contributed by atoms with Crippen molar-refractivity contribution in [1.29, 1.82) is 0 Å². The van der Waals surface area contributed by atoms with E-state index in [2.05, 4.69) is 20.5 Å². The average molecular weight is 317 g/mol. The molecule has 0 bridgehead atoms. The Morgan fingerprint density at radius 1 is 1.31 bits per heavy atom. The van der Waals surface area contributed by atoms with Crippen LogP contribution in [-0.4, -0.2) is 9.79 Å². The van der Waals surface area contributed by atoms with Gasteiger partial charge in [0, 0.05) is 5.33 Å². The van der Waals surface area contributed by atoms with Crippen molar-refractivity contribution in [2.75, 3.05) is 0 Å². The zero-order chi connectivity index (χ0) is 12.4. The largest absolute Gasteiger partial charge is 0.474 e. The summed E-state index contributed by atoms with van der Waals surface area (Å²) in [6.07, 6.45) is -4.01. The zero-order valence-electron chi connectivity index (χ0n) is 7.81. The standard InChI is InChI=1S/C8H8BrF2O4P/c9-5-6-1-3-7(4-2-6)8(10,11)15-16(12,13)14/h1-4H,5H2,(H2,12,13,14). The van der Waals surface area contributed by atoms with E-state index in [0.29, 0.717) is 5.33 Å². The van der Waals surface area contributed by atoms with Gasteiger partial charge >= 0.3 is 13.9 Å². The SMILES string of the molecule is O=P(O)(O)OC(F)(F)c1ccc(CBr)cc1. The maximum atomic E-state index is 13.2. The van der Waals surface area contributed by atoms with Crippen LogP contribution in [0.4, 0.5) is 8.78 Å². The van der Waals surface area contributed by atoms with Gasteiger partial charge in [0.25, 0.3) is 0 Å². The van der Waals surface area contributed by atoms with Crippen molar-refractivity contribution in [3.05, 3.63) is 35.4 Å². The minimum Gasteiger partial charge on any atom is -0.303 e. The van der Waals surface area contributed by atoms with Crippen molar-refractivity contribution >= 4 is 23.8 Å². The van der Waals surface area contributed by atoms with E-state index in [4.69, 9.17) is 9.79 Å². The summed E-state index contributed by atoms with van der Waals surface area (Å²) in [5, 5.41) is 0.498. The molecule has 0 aliphatic heterocycles. The van der Waals surface area contributed by atoms with Crippen LogP contribution in [0.25, 0.3) is 0 Å². The second-order valence-corrected chi connectivity index (χ2v) is 4.65. The molecule has 0 aliphatic rings. The Bertz CT molecular complexity index is 403. The first-order valence-corrected chi connectivity index (χ1v) is 6.69. The van der Waals surface area contributed by atoms with Crippen LogP contribution in [0.3, 0.4) is 0 Å². The number of phosphoric acid groups is 1. The molecule has 0 spiro atoms. The highest BCUT2D eigenvalue weighted by atomic mass is 79.9. The predicted molar refractivity (Wildman–Crippen MR) is 56.1 cm³/mol. The highest BCUT2D eigenvalue weighted by Crippen LogP contribution is 2.47. The minimum atomic E-state index is -5.23. The van der Waals surface area contributed by atoms with Crippen LogP contribution in [-0.2, 0) is 20.5 Å². The van der Waals surface area contributed by atoms with Crippen molar-refractivity contribution in [2.45, 2.75) is 11.4 Å². The average Bonchev–Trinajstić information content (AvgIpc) is 2.14. The summed E-state index contributed by atoms with van der Waals surface area (Å²) in [6.45, 7) is 0. The van der Waals surface area contributed by atoms with E-state index in [1.807, 2.05) is 0 Å². The molecule has 90 valence electrons. The van der Waals surface area contributed by atoms with Gasteiger partial charge in [0.05, 0.1) is 5.56 Å². The van der Waals surface area contributed by atoms with Gasteiger partial charge in [-0.2, -0.15) is 8.78 Å². The molecule has 0 unspecified atom stereocenters. The Balaban J connectivity index is 2.93. The summed E-state index contributed by atoms with van der Waals surface area (Å²) in [5.74, 6) is 0. The summed E-state index contributed by atoms with van der Waals surface area (Å²) in [5.41, 5.74) is 0.149. The van der Waals surface area contributed by atoms with Crippen LogP contribution in [0, 0.1) is 0 Å². The fourth-order valence-corrected chi connectivity index (χ4v) is 1.77. The van der Waals surface area contributed by atoms with Gasteiger partial charge < -0.3 is 9.79 Å². The molecule has 8 heteroatoms. The number of rotatable bonds is 4. The molecule has 0 saturated carbocycles. The van der Waals surface area contributed by atoms with Gasteiger partial charge in [-0.25, -0.2) is 9.09 Å². The quantitative estimate of drug-likeness (QED) is 0.662. The Kier molecular flexibility index (Phi) is 4.20. The Morgan fingerprint density at radius 3 is 2.19 bits per heavy atom. The molecule has 0 fully saturated rings. The van der Waals surface area contributed by atoms with Crippen molar-refractivity contribution < 1.29 is 27.7 Å². The second kappa shape index (κ2) is 4.89. The van der Waals surface area contributed by atoms with E-state index in [0.717, 1.165) is 17.7 Å². The maximum absolute atomic E-state index is 13.2. The van der Waals surface area contributed by atoms with E-state index >= 15 is 0 Å². The lowest BCUT2D eigenvalue weighted by Gasteiger charge is -2.17. The molecule has 4 nitrogen and oxygen atoms in total. The molecule has 1 aromatic carbocycles. The number of hydrogen-bond acceptors (Lipinski definition) is 2. The third-order valence-electron chi connectivity index (χ3n) is 1.68. The molecular weight excluding hydrogens is 309 g/mol. The van der Waals surface area contributed by atoms with E-state index in [1.165, 1.54) is 12.1 Å². The van der Waals surface area contributed by atoms with Gasteiger partial charge in [-0.1, -0.05) is 40.2 Å². The number of hydrogen-bond donors (Lipinski definition) is 2. The third kappa shape index (κ3) is 3.92. The monoisotopic (exact) mass is 316 g/mol. The van der Waals surface area contributed by atoms with Crippen molar-refractivity contribution in [3.8, 4) is 0 Å². The topological polar surface area (TPSA) is 66.8 Å². The molecule has 16 heavy (non-hydrogen) atoms. The number of alkyl halides is 3. The van der Waals surface area contributed by atoms with Crippen molar-refractivity contribution in [1.82, 2.24) is 0 Å². The summed E-state index contributed by atoms with van der Waals surface area (Å²) in [7, 11) is -5.23. The van der Waals surface area contributed by atoms with Gasteiger partial charge in [0.15, 0.2) is 0 Å². The molecule has 0 saturated heterocycles. The van der Waals surface area contributed by atoms with Crippen LogP contribution in [0.1, 0.15) is 11.1 Å². The fraction of sp³-hybridized carbons (Fsp3) is 0.250. The molecule has 0 radical (unpaired) electrons. The zero-order valence-corrected chi connectivity index (χ0v) is 10.3. The summed E-state index contributed by atoms with van der Waals surface area (Å²) >= 11 is 3.14. The Morgan fingerprint density at radius 2 is 1.81 bits per heavy atom. The first kappa shape index (κ1) is 13.7. The summed E-state index contributed by atoms with van der Waals surface area (Å²) in [4.78, 5) is 16.6. The van der Waals surface area contributed by atoms with Crippen LogP contribution < -0.4 is 0 Å². The molecule has 0 aromatic heterocycles. The van der Waals surface area contributed by atoms with Gasteiger partial charge in [-0.05, 0) is 5.56 Å². The molecule has 1 aromatic rings. The van der Waals surface area contributed by atoms with Gasteiger partial charge in [0.2, 0.25) is 0 Å². The van der Waals surface area contributed by atoms with Gasteiger partial charge in [-0.15, -0.1) is 0 Å². The third-order valence-corrected chi connectivity index (χ3v) is 2.79. The van der Waals surface area contributed by atoms with Crippen LogP contribution in [0.15, 0.2) is 24.3 Å². The van der Waals surface area contributed by atoms with E-state index in [-0.39, 0.29) is 0 Å². The highest BCUT2D eigenvalue weighted by molar-refractivity contribution is 9.08. The second-order valence-electron chi connectivity index (χ2n) is 2.93. The first-order chi connectivity index (χ1) is 7.24. The molecule has 2 N–H and O–H groups in total. The Hall–Kier alpha value is -0.330. The first-order valence-electron chi connectivity index (χ1n) is 4.04. The number of benzene rings is 1. The molecule has 0 aliphatic carbocycles. The minimum absolute atomic E-state index is 0.498. The molecule has 0 heterocycles. The summed E-state index contributed by atoms with van der Waals surface area (Å²) < 4.78 is 40.1. The van der Waals surface area contributed by atoms with Crippen LogP contribution >= 0.6 is 23.8 Å². The normalized spacial score (nSPS) is 12.8. The van der Waals surface area contributed by atoms with E-state index < -0.39 is 19.5 Å². The highest BCUT2D eigenvalue weighted by Gasteiger charge is 2.40. The molecular formula is C8H8BrF2O4P. The molecule has 1 rings (SSSR count). The smallest absolute Gasteiger partial charge is 0.303 e. The number of halogens is 3. The van der Waals surface area contributed by atoms with Crippen molar-refractivity contribution in [2.24, 2.45) is 0 Å². The van der Waals surface area contributed by atoms with Crippen LogP contribution in [0.2, 0.25) is 0 Å². The van der Waals surface area contributed by atoms with E-state index in [9.17, 15) is 13.3 Å². The van der Waals surface area contributed by atoms with Gasteiger partial charge in [0.1, 0.15) is 0 Å². The lowest BCUT2D eigenvalue weighted by molar-refractivity contribution is -0.195. The summed E-state index contributed by atoms with van der Waals surface area (Å²) in [6, 6.07) is 4.90. The number of phosphoric ester groups is 1. The van der Waals surface area contributed by atoms with E-state index in [1.54, 1.807) is 0 Å². The predicted octanol–water partition coefficient (Wildman–Crippen LogP) is 2.74.